The summed E-state index contributed by atoms with van der Waals surface area (Å²) in [5.41, 5.74) is 4.65. The van der Waals surface area contributed by atoms with E-state index in [1.54, 1.807) is 0 Å². The number of imidazole rings is 1. The Hall–Kier alpha value is -5.12. The molecule has 0 radical (unpaired) electrons. The van der Waals surface area contributed by atoms with Crippen LogP contribution in [-0.4, -0.2) is 39.3 Å². The minimum atomic E-state index is -0.416. The van der Waals surface area contributed by atoms with Crippen LogP contribution in [0.25, 0.3) is 39.4 Å². The second-order valence-corrected chi connectivity index (χ2v) is 9.70. The molecule has 0 unspecified atom stereocenters. The molecule has 0 bridgehead atoms. The number of H-pyrrole nitrogens is 1. The number of rotatable bonds is 8. The number of aromatic nitrogens is 8. The van der Waals surface area contributed by atoms with Gasteiger partial charge in [0.25, 0.3) is 5.56 Å². The van der Waals surface area contributed by atoms with Gasteiger partial charge < -0.3 is 4.57 Å². The summed E-state index contributed by atoms with van der Waals surface area (Å²) in [6.45, 7) is 2.57. The number of hydrogen-bond acceptors (Lipinski definition) is 6. The Kier molecular flexibility index (Phi) is 6.65. The summed E-state index contributed by atoms with van der Waals surface area (Å²) in [6, 6.07) is 25.5. The Morgan fingerprint density at radius 2 is 1.60 bits per heavy atom. The third-order valence-electron chi connectivity index (χ3n) is 7.13. The molecule has 3 heterocycles. The van der Waals surface area contributed by atoms with Gasteiger partial charge in [0.2, 0.25) is 0 Å². The van der Waals surface area contributed by atoms with E-state index in [9.17, 15) is 9.59 Å². The van der Waals surface area contributed by atoms with Crippen molar-refractivity contribution in [1.82, 2.24) is 39.3 Å². The molecule has 1 N–H and O–H groups in total. The monoisotopic (exact) mass is 532 g/mol. The third-order valence-corrected chi connectivity index (χ3v) is 7.13. The van der Waals surface area contributed by atoms with Gasteiger partial charge >= 0.3 is 5.69 Å². The van der Waals surface area contributed by atoms with E-state index < -0.39 is 5.69 Å². The molecule has 3 aromatic carbocycles. The van der Waals surface area contributed by atoms with Crippen LogP contribution in [0.1, 0.15) is 31.2 Å². The number of para-hydroxylation sites is 1. The lowest BCUT2D eigenvalue weighted by molar-refractivity contribution is 0.685. The van der Waals surface area contributed by atoms with Gasteiger partial charge in [-0.2, -0.15) is 0 Å². The summed E-state index contributed by atoms with van der Waals surface area (Å²) in [5, 5.41) is 14.3. The smallest absolute Gasteiger partial charge is 0.318 e. The molecule has 0 atom stereocenters. The van der Waals surface area contributed by atoms with Gasteiger partial charge in [0.15, 0.2) is 17.0 Å². The number of hydrogen-bond donors (Lipinski definition) is 1. The van der Waals surface area contributed by atoms with E-state index in [1.807, 2.05) is 59.2 Å². The Morgan fingerprint density at radius 3 is 2.30 bits per heavy atom. The fourth-order valence-electron chi connectivity index (χ4n) is 5.03. The molecular weight excluding hydrogens is 504 g/mol. The highest BCUT2D eigenvalue weighted by Gasteiger charge is 2.21. The molecule has 0 saturated heterocycles. The molecule has 0 amide bonds. The van der Waals surface area contributed by atoms with Crippen molar-refractivity contribution >= 4 is 11.2 Å². The average molecular weight is 533 g/mol. The van der Waals surface area contributed by atoms with Crippen molar-refractivity contribution < 1.29 is 0 Å². The predicted molar refractivity (Wildman–Crippen MR) is 153 cm³/mol. The van der Waals surface area contributed by atoms with Crippen LogP contribution in [0.5, 0.6) is 0 Å². The van der Waals surface area contributed by atoms with Crippen LogP contribution in [0.3, 0.4) is 0 Å². The largest absolute Gasteiger partial charge is 0.337 e. The van der Waals surface area contributed by atoms with Crippen molar-refractivity contribution in [3.63, 3.8) is 0 Å². The number of benzene rings is 3. The highest BCUT2D eigenvalue weighted by Crippen LogP contribution is 2.30. The number of nitrogens with zero attached hydrogens (tertiary/aromatic N) is 7. The number of fused-ring (bicyclic) bond motifs is 1. The highest BCUT2D eigenvalue weighted by atomic mass is 16.2. The number of aryl methyl sites for hydroxylation is 1. The Balaban J connectivity index is 1.45. The zero-order valence-corrected chi connectivity index (χ0v) is 22.3. The molecule has 10 nitrogen and oxygen atoms in total. The van der Waals surface area contributed by atoms with E-state index in [1.165, 1.54) is 11.6 Å². The van der Waals surface area contributed by atoms with Gasteiger partial charge in [0.05, 0.1) is 5.69 Å². The maximum atomic E-state index is 13.5. The molecule has 6 rings (SSSR count). The van der Waals surface area contributed by atoms with Crippen molar-refractivity contribution in [3.8, 4) is 28.2 Å². The van der Waals surface area contributed by atoms with E-state index in [0.29, 0.717) is 35.6 Å². The molecule has 0 saturated carbocycles. The zero-order chi connectivity index (χ0) is 27.6. The van der Waals surface area contributed by atoms with Crippen molar-refractivity contribution in [2.45, 2.75) is 32.7 Å². The molecule has 0 aliphatic rings. The van der Waals surface area contributed by atoms with Crippen LogP contribution in [0.2, 0.25) is 0 Å². The first-order chi connectivity index (χ1) is 19.6. The highest BCUT2D eigenvalue weighted by molar-refractivity contribution is 5.80. The predicted octanol–water partition coefficient (Wildman–Crippen LogP) is 4.12. The molecule has 3 aromatic heterocycles. The number of unbranched alkanes of at least 4 members (excludes halogenated alkanes) is 1. The standard InChI is InChI=1S/C30H28N8O2/c1-3-4-14-25-31-28-26(29(39)36(2)30(40)38(28)22-10-6-5-7-11-22)37(25)19-20-15-17-21(18-16-20)23-12-8-9-13-24(23)27-32-34-35-33-27/h5-13,15-18H,3-4,14,19H2,1-2H3,(H,32,33,34,35). The van der Waals surface area contributed by atoms with Crippen LogP contribution in [-0.2, 0) is 20.0 Å². The van der Waals surface area contributed by atoms with Crippen LogP contribution in [0, 0.1) is 0 Å². The normalized spacial score (nSPS) is 11.3. The third kappa shape index (κ3) is 4.43. The first-order valence-corrected chi connectivity index (χ1v) is 13.3. The molecular formula is C30H28N8O2. The molecule has 0 aliphatic carbocycles. The van der Waals surface area contributed by atoms with Gasteiger partial charge in [-0.05, 0) is 45.7 Å². The number of nitrogens with one attached hydrogen (secondary N) is 1. The van der Waals surface area contributed by atoms with Crippen LogP contribution >= 0.6 is 0 Å². The van der Waals surface area contributed by atoms with Crippen molar-refractivity contribution in [3.05, 3.63) is 111 Å². The van der Waals surface area contributed by atoms with Gasteiger partial charge in [-0.3, -0.25) is 9.36 Å². The number of aromatic amines is 1. The second-order valence-electron chi connectivity index (χ2n) is 9.70. The fraction of sp³-hybridized carbons (Fsp3) is 0.200. The second kappa shape index (κ2) is 10.6. The summed E-state index contributed by atoms with van der Waals surface area (Å²) in [5.74, 6) is 1.39. The average Bonchev–Trinajstić information content (AvgIpc) is 3.65. The lowest BCUT2D eigenvalue weighted by atomic mass is 9.98. The summed E-state index contributed by atoms with van der Waals surface area (Å²) in [4.78, 5) is 31.6. The number of tetrazole rings is 1. The maximum absolute atomic E-state index is 13.5. The van der Waals surface area contributed by atoms with Crippen LogP contribution in [0.15, 0.2) is 88.5 Å². The summed E-state index contributed by atoms with van der Waals surface area (Å²) < 4.78 is 4.66. The van der Waals surface area contributed by atoms with E-state index >= 15 is 0 Å². The van der Waals surface area contributed by atoms with Crippen LogP contribution in [0.4, 0.5) is 0 Å². The molecule has 0 fully saturated rings. The van der Waals surface area contributed by atoms with Gasteiger partial charge in [-0.25, -0.2) is 19.4 Å². The molecule has 6 aromatic rings. The van der Waals surface area contributed by atoms with E-state index in [-0.39, 0.29) is 5.56 Å². The molecule has 40 heavy (non-hydrogen) atoms. The molecule has 10 heteroatoms. The zero-order valence-electron chi connectivity index (χ0n) is 22.3. The van der Waals surface area contributed by atoms with Crippen molar-refractivity contribution in [2.24, 2.45) is 7.05 Å². The lowest BCUT2D eigenvalue weighted by Gasteiger charge is -2.12. The van der Waals surface area contributed by atoms with Crippen molar-refractivity contribution in [1.29, 1.82) is 0 Å². The van der Waals surface area contributed by atoms with Gasteiger partial charge in [0.1, 0.15) is 5.82 Å². The molecule has 200 valence electrons. The van der Waals surface area contributed by atoms with Gasteiger partial charge in [-0.15, -0.1) is 5.10 Å². The van der Waals surface area contributed by atoms with Crippen LogP contribution < -0.4 is 11.2 Å². The Bertz CT molecular complexity index is 1900. The molecule has 0 spiro atoms. The lowest BCUT2D eigenvalue weighted by Crippen LogP contribution is -2.38. The SMILES string of the molecule is CCCCc1nc2c(c(=O)n(C)c(=O)n2-c2ccccc2)n1Cc1ccc(-c2ccccc2-c2nnn[nH]2)cc1. The summed E-state index contributed by atoms with van der Waals surface area (Å²) in [6.07, 6.45) is 2.61. The first-order valence-electron chi connectivity index (χ1n) is 13.3. The van der Waals surface area contributed by atoms with Gasteiger partial charge in [-0.1, -0.05) is 80.1 Å². The Labute approximate surface area is 229 Å². The minimum absolute atomic E-state index is 0.353. The van der Waals surface area contributed by atoms with E-state index in [4.69, 9.17) is 4.98 Å². The quantitative estimate of drug-likeness (QED) is 0.315. The fourth-order valence-corrected chi connectivity index (χ4v) is 5.03. The summed E-state index contributed by atoms with van der Waals surface area (Å²) >= 11 is 0. The van der Waals surface area contributed by atoms with E-state index in [0.717, 1.165) is 45.5 Å². The van der Waals surface area contributed by atoms with Gasteiger partial charge in [0, 0.05) is 25.6 Å². The first kappa shape index (κ1) is 25.2. The maximum Gasteiger partial charge on any atom is 0.337 e. The summed E-state index contributed by atoms with van der Waals surface area (Å²) in [7, 11) is 1.52. The van der Waals surface area contributed by atoms with E-state index in [2.05, 4.69) is 51.8 Å². The molecule has 0 aliphatic heterocycles. The topological polar surface area (TPSA) is 116 Å². The minimum Gasteiger partial charge on any atom is -0.318 e. The Morgan fingerprint density at radius 1 is 0.875 bits per heavy atom. The van der Waals surface area contributed by atoms with Crippen molar-refractivity contribution in [2.75, 3.05) is 0 Å².